The second-order valence-electron chi connectivity index (χ2n) is 6.37. The summed E-state index contributed by atoms with van der Waals surface area (Å²) >= 11 is 0. The lowest BCUT2D eigenvalue weighted by atomic mass is 10.1. The molecule has 1 heterocycles. The van der Waals surface area contributed by atoms with Crippen LogP contribution < -0.4 is 21.6 Å². The van der Waals surface area contributed by atoms with E-state index in [0.29, 0.717) is 12.1 Å². The molecule has 0 aliphatic carbocycles. The number of anilines is 1. The molecule has 1 aromatic heterocycles. The van der Waals surface area contributed by atoms with Gasteiger partial charge in [0.25, 0.3) is 5.91 Å². The maximum absolute atomic E-state index is 12.3. The van der Waals surface area contributed by atoms with Gasteiger partial charge in [-0.2, -0.15) is 0 Å². The predicted octanol–water partition coefficient (Wildman–Crippen LogP) is 2.17. The Balaban J connectivity index is 2.09. The van der Waals surface area contributed by atoms with Crippen LogP contribution in [-0.4, -0.2) is 32.1 Å². The molecule has 0 fully saturated rings. The number of quaternary nitrogens is 1. The van der Waals surface area contributed by atoms with Gasteiger partial charge in [0.05, 0.1) is 6.54 Å². The van der Waals surface area contributed by atoms with E-state index in [1.54, 1.807) is 6.07 Å². The predicted molar refractivity (Wildman–Crippen MR) is 105 cm³/mol. The highest BCUT2D eigenvalue weighted by Gasteiger charge is 2.14. The standard InChI is InChI=1S/C20H29N3O3/c1-3-23(4-2)16-10-9-15-13-17(20(25)26-18(15)14-16)19(24)22-12-8-6-5-7-11-21/h9-10,13-14H,3-8,11-12,21H2,1-2H3,(H,22,24)/p+1. The summed E-state index contributed by atoms with van der Waals surface area (Å²) in [7, 11) is 0. The fourth-order valence-corrected chi connectivity index (χ4v) is 3.00. The Hall–Kier alpha value is -2.34. The average molecular weight is 360 g/mol. The Morgan fingerprint density at radius 1 is 1.12 bits per heavy atom. The van der Waals surface area contributed by atoms with Gasteiger partial charge in [0.1, 0.15) is 11.1 Å². The van der Waals surface area contributed by atoms with Crippen LogP contribution in [0.25, 0.3) is 11.0 Å². The summed E-state index contributed by atoms with van der Waals surface area (Å²) < 4.78 is 5.40. The highest BCUT2D eigenvalue weighted by molar-refractivity contribution is 5.96. The number of benzene rings is 1. The molecular weight excluding hydrogens is 330 g/mol. The minimum atomic E-state index is -0.594. The molecule has 2 aromatic rings. The van der Waals surface area contributed by atoms with Crippen molar-refractivity contribution >= 4 is 22.6 Å². The Kier molecular flexibility index (Phi) is 7.66. The monoisotopic (exact) mass is 360 g/mol. The van der Waals surface area contributed by atoms with Gasteiger partial charge in [0, 0.05) is 36.8 Å². The Labute approximate surface area is 154 Å². The van der Waals surface area contributed by atoms with Gasteiger partial charge < -0.3 is 20.4 Å². The first-order chi connectivity index (χ1) is 12.6. The van der Waals surface area contributed by atoms with Gasteiger partial charge in [-0.1, -0.05) is 6.42 Å². The molecule has 0 spiro atoms. The van der Waals surface area contributed by atoms with Gasteiger partial charge in [0.15, 0.2) is 0 Å². The van der Waals surface area contributed by atoms with E-state index in [4.69, 9.17) is 4.42 Å². The summed E-state index contributed by atoms with van der Waals surface area (Å²) in [5.41, 5.74) is 4.79. The highest BCUT2D eigenvalue weighted by Crippen LogP contribution is 2.21. The lowest BCUT2D eigenvalue weighted by Gasteiger charge is -2.21. The number of unbranched alkanes of at least 4 members (excludes halogenated alkanes) is 3. The van der Waals surface area contributed by atoms with Crippen molar-refractivity contribution in [2.24, 2.45) is 0 Å². The minimum Gasteiger partial charge on any atom is -0.422 e. The van der Waals surface area contributed by atoms with E-state index in [0.717, 1.165) is 56.4 Å². The van der Waals surface area contributed by atoms with Crippen molar-refractivity contribution in [3.05, 3.63) is 40.2 Å². The number of nitrogens with one attached hydrogen (secondary N) is 1. The van der Waals surface area contributed by atoms with Crippen molar-refractivity contribution in [2.75, 3.05) is 31.1 Å². The first-order valence-electron chi connectivity index (χ1n) is 9.51. The normalized spacial score (nSPS) is 10.9. The van der Waals surface area contributed by atoms with Crippen LogP contribution in [0.2, 0.25) is 0 Å². The minimum absolute atomic E-state index is 0.0610. The zero-order chi connectivity index (χ0) is 18.9. The summed E-state index contributed by atoms with van der Waals surface area (Å²) in [6.45, 7) is 7.42. The first kappa shape index (κ1) is 20.0. The van der Waals surface area contributed by atoms with Crippen molar-refractivity contribution in [1.82, 2.24) is 5.32 Å². The average Bonchev–Trinajstić information content (AvgIpc) is 2.64. The number of amides is 1. The third kappa shape index (κ3) is 5.08. The van der Waals surface area contributed by atoms with E-state index in [-0.39, 0.29) is 11.5 Å². The number of fused-ring (bicyclic) bond motifs is 1. The van der Waals surface area contributed by atoms with Crippen molar-refractivity contribution in [3.63, 3.8) is 0 Å². The number of hydrogen-bond donors (Lipinski definition) is 2. The smallest absolute Gasteiger partial charge is 0.349 e. The number of carbonyl (C=O) groups is 1. The van der Waals surface area contributed by atoms with E-state index >= 15 is 0 Å². The third-order valence-electron chi connectivity index (χ3n) is 4.56. The molecule has 0 radical (unpaired) electrons. The van der Waals surface area contributed by atoms with Crippen LogP contribution >= 0.6 is 0 Å². The van der Waals surface area contributed by atoms with E-state index in [2.05, 4.69) is 29.8 Å². The van der Waals surface area contributed by atoms with Crippen molar-refractivity contribution in [2.45, 2.75) is 39.5 Å². The maximum atomic E-state index is 12.3. The molecule has 4 N–H and O–H groups in total. The van der Waals surface area contributed by atoms with E-state index in [1.807, 2.05) is 18.2 Å². The zero-order valence-corrected chi connectivity index (χ0v) is 15.8. The summed E-state index contributed by atoms with van der Waals surface area (Å²) in [6.07, 6.45) is 4.18. The molecule has 0 aliphatic rings. The lowest BCUT2D eigenvalue weighted by Crippen LogP contribution is -2.50. The molecule has 0 aliphatic heterocycles. The fourth-order valence-electron chi connectivity index (χ4n) is 3.00. The van der Waals surface area contributed by atoms with Crippen LogP contribution in [0.1, 0.15) is 49.9 Å². The Morgan fingerprint density at radius 3 is 2.54 bits per heavy atom. The van der Waals surface area contributed by atoms with Crippen molar-refractivity contribution in [1.29, 1.82) is 0 Å². The molecule has 0 saturated heterocycles. The molecule has 0 atom stereocenters. The van der Waals surface area contributed by atoms with Gasteiger partial charge in [-0.05, 0) is 51.3 Å². The molecule has 1 amide bonds. The summed E-state index contributed by atoms with van der Waals surface area (Å²) in [5, 5.41) is 3.56. The molecule has 0 bridgehead atoms. The van der Waals surface area contributed by atoms with E-state index in [1.165, 1.54) is 0 Å². The second kappa shape index (κ2) is 9.97. The summed E-state index contributed by atoms with van der Waals surface area (Å²) in [5.74, 6) is -0.370. The van der Waals surface area contributed by atoms with E-state index in [9.17, 15) is 9.59 Å². The SMILES string of the molecule is CCN(CC)c1ccc2cc(C(=O)NCCCCCC[NH3+])c(=O)oc2c1. The maximum Gasteiger partial charge on any atom is 0.349 e. The highest BCUT2D eigenvalue weighted by atomic mass is 16.4. The number of nitrogens with zero attached hydrogens (tertiary/aromatic N) is 1. The molecule has 142 valence electrons. The van der Waals surface area contributed by atoms with Crippen LogP contribution in [0.5, 0.6) is 0 Å². The van der Waals surface area contributed by atoms with Crippen molar-refractivity contribution in [3.8, 4) is 0 Å². The largest absolute Gasteiger partial charge is 0.422 e. The van der Waals surface area contributed by atoms with Crippen LogP contribution in [0.3, 0.4) is 0 Å². The third-order valence-corrected chi connectivity index (χ3v) is 4.56. The number of carbonyl (C=O) groups excluding carboxylic acids is 1. The lowest BCUT2D eigenvalue weighted by molar-refractivity contribution is -0.368. The fraction of sp³-hybridized carbons (Fsp3) is 0.500. The van der Waals surface area contributed by atoms with Crippen LogP contribution in [0.15, 0.2) is 33.5 Å². The molecule has 26 heavy (non-hydrogen) atoms. The number of rotatable bonds is 10. The van der Waals surface area contributed by atoms with Crippen LogP contribution in [-0.2, 0) is 0 Å². The molecule has 6 heteroatoms. The van der Waals surface area contributed by atoms with Gasteiger partial charge >= 0.3 is 5.63 Å². The molecule has 1 aromatic carbocycles. The molecule has 0 saturated carbocycles. The van der Waals surface area contributed by atoms with Crippen LogP contribution in [0.4, 0.5) is 5.69 Å². The second-order valence-corrected chi connectivity index (χ2v) is 6.37. The Morgan fingerprint density at radius 2 is 1.85 bits per heavy atom. The molecule has 6 nitrogen and oxygen atoms in total. The summed E-state index contributed by atoms with van der Waals surface area (Å²) in [4.78, 5) is 26.7. The summed E-state index contributed by atoms with van der Waals surface area (Å²) in [6, 6.07) is 7.35. The van der Waals surface area contributed by atoms with Gasteiger partial charge in [-0.15, -0.1) is 0 Å². The quantitative estimate of drug-likeness (QED) is 0.502. The van der Waals surface area contributed by atoms with Crippen molar-refractivity contribution < 1.29 is 14.9 Å². The topological polar surface area (TPSA) is 90.2 Å². The first-order valence-corrected chi connectivity index (χ1v) is 9.51. The van der Waals surface area contributed by atoms with Gasteiger partial charge in [-0.3, -0.25) is 4.79 Å². The van der Waals surface area contributed by atoms with Gasteiger partial charge in [-0.25, -0.2) is 4.79 Å². The van der Waals surface area contributed by atoms with E-state index < -0.39 is 5.63 Å². The number of hydrogen-bond acceptors (Lipinski definition) is 4. The molecular formula is C20H30N3O3+. The Bertz CT molecular complexity index is 781. The molecule has 0 unspecified atom stereocenters. The molecule has 2 rings (SSSR count). The zero-order valence-electron chi connectivity index (χ0n) is 15.8. The van der Waals surface area contributed by atoms with Gasteiger partial charge in [0.2, 0.25) is 0 Å². The van der Waals surface area contributed by atoms with Crippen LogP contribution in [0, 0.1) is 0 Å².